The molecule has 2 unspecified atom stereocenters. The third-order valence-corrected chi connectivity index (χ3v) is 3.05. The van der Waals surface area contributed by atoms with Crippen molar-refractivity contribution in [2.45, 2.75) is 26.1 Å². The normalized spacial score (nSPS) is 22.6. The fourth-order valence-electron chi connectivity index (χ4n) is 1.84. The summed E-state index contributed by atoms with van der Waals surface area (Å²) < 4.78 is 16.7. The van der Waals surface area contributed by atoms with Crippen LogP contribution in [0.5, 0.6) is 0 Å². The van der Waals surface area contributed by atoms with Gasteiger partial charge in [0, 0.05) is 0 Å². The van der Waals surface area contributed by atoms with Crippen molar-refractivity contribution < 1.29 is 14.2 Å². The summed E-state index contributed by atoms with van der Waals surface area (Å²) in [4.78, 5) is 0. The van der Waals surface area contributed by atoms with E-state index < -0.39 is 0 Å². The third kappa shape index (κ3) is 3.59. The molecule has 0 aliphatic carbocycles. The van der Waals surface area contributed by atoms with E-state index in [1.165, 1.54) is 5.56 Å². The Morgan fingerprint density at radius 2 is 2.11 bits per heavy atom. The van der Waals surface area contributed by atoms with Gasteiger partial charge in [-0.25, -0.2) is 0 Å². The largest absolute Gasteiger partial charge is 0.495 e. The lowest BCUT2D eigenvalue weighted by Crippen LogP contribution is -2.37. The second-order valence-corrected chi connectivity index (χ2v) is 4.49. The van der Waals surface area contributed by atoms with Gasteiger partial charge in [0.25, 0.3) is 0 Å². The Bertz CT molecular complexity index is 380. The molecule has 98 valence electrons. The summed E-state index contributed by atoms with van der Waals surface area (Å²) >= 11 is 0. The fourth-order valence-corrected chi connectivity index (χ4v) is 1.84. The molecule has 0 aromatic heterocycles. The standard InChI is InChI=1S/C15H20O3/c1-12(14-6-4-3-5-7-14)10-18-13(2)15-11-16-8-9-17-15/h3-7,10,13,15H,8-9,11H2,1-2H3/b12-10-. The fraction of sp³-hybridized carbons (Fsp3) is 0.467. The molecule has 1 aromatic rings. The van der Waals surface area contributed by atoms with E-state index in [2.05, 4.69) is 12.1 Å². The lowest BCUT2D eigenvalue weighted by atomic mass is 10.1. The summed E-state index contributed by atoms with van der Waals surface area (Å²) in [5.41, 5.74) is 2.28. The summed E-state index contributed by atoms with van der Waals surface area (Å²) in [7, 11) is 0. The molecule has 1 fully saturated rings. The molecule has 0 N–H and O–H groups in total. The van der Waals surface area contributed by atoms with Gasteiger partial charge < -0.3 is 14.2 Å². The van der Waals surface area contributed by atoms with Crippen LogP contribution in [0.15, 0.2) is 36.6 Å². The summed E-state index contributed by atoms with van der Waals surface area (Å²) in [6.07, 6.45) is 1.83. The molecule has 3 nitrogen and oxygen atoms in total. The minimum Gasteiger partial charge on any atom is -0.495 e. The maximum Gasteiger partial charge on any atom is 0.123 e. The Balaban J connectivity index is 1.89. The summed E-state index contributed by atoms with van der Waals surface area (Å²) in [6, 6.07) is 10.2. The van der Waals surface area contributed by atoms with Crippen LogP contribution in [0.2, 0.25) is 0 Å². The van der Waals surface area contributed by atoms with Gasteiger partial charge in [-0.3, -0.25) is 0 Å². The van der Waals surface area contributed by atoms with Crippen LogP contribution in [0, 0.1) is 0 Å². The molecule has 18 heavy (non-hydrogen) atoms. The molecular formula is C15H20O3. The molecule has 2 atom stereocenters. The van der Waals surface area contributed by atoms with Crippen LogP contribution < -0.4 is 0 Å². The molecule has 1 saturated heterocycles. The molecule has 1 aliphatic rings. The molecule has 0 spiro atoms. The van der Waals surface area contributed by atoms with Crippen molar-refractivity contribution in [1.29, 1.82) is 0 Å². The van der Waals surface area contributed by atoms with Crippen molar-refractivity contribution in [1.82, 2.24) is 0 Å². The van der Waals surface area contributed by atoms with E-state index in [0.29, 0.717) is 19.8 Å². The average Bonchev–Trinajstić information content (AvgIpc) is 2.46. The number of rotatable bonds is 4. The maximum absolute atomic E-state index is 5.73. The average molecular weight is 248 g/mol. The number of benzene rings is 1. The second-order valence-electron chi connectivity index (χ2n) is 4.49. The predicted molar refractivity (Wildman–Crippen MR) is 71.2 cm³/mol. The first-order chi connectivity index (χ1) is 8.77. The molecule has 3 heteroatoms. The highest BCUT2D eigenvalue weighted by Crippen LogP contribution is 2.15. The third-order valence-electron chi connectivity index (χ3n) is 3.05. The highest BCUT2D eigenvalue weighted by molar-refractivity contribution is 5.62. The zero-order chi connectivity index (χ0) is 12.8. The van der Waals surface area contributed by atoms with Crippen LogP contribution in [0.4, 0.5) is 0 Å². The van der Waals surface area contributed by atoms with Crippen LogP contribution in [-0.4, -0.2) is 32.0 Å². The Labute approximate surface area is 108 Å². The van der Waals surface area contributed by atoms with E-state index in [1.54, 1.807) is 6.26 Å². The minimum atomic E-state index is 0.00367. The first-order valence-electron chi connectivity index (χ1n) is 6.34. The summed E-state index contributed by atoms with van der Waals surface area (Å²) in [5.74, 6) is 0. The molecule has 1 aromatic carbocycles. The van der Waals surface area contributed by atoms with Crippen LogP contribution in [0.1, 0.15) is 19.4 Å². The number of hydrogen-bond donors (Lipinski definition) is 0. The molecule has 1 heterocycles. The van der Waals surface area contributed by atoms with Crippen LogP contribution in [-0.2, 0) is 14.2 Å². The minimum absolute atomic E-state index is 0.00367. The SMILES string of the molecule is C/C(=C/OC(C)C1COCCO1)c1ccccc1. The van der Waals surface area contributed by atoms with E-state index in [9.17, 15) is 0 Å². The lowest BCUT2D eigenvalue weighted by molar-refractivity contribution is -0.129. The topological polar surface area (TPSA) is 27.7 Å². The first kappa shape index (κ1) is 13.1. The van der Waals surface area contributed by atoms with E-state index in [0.717, 1.165) is 5.57 Å². The van der Waals surface area contributed by atoms with E-state index in [1.807, 2.05) is 32.0 Å². The van der Waals surface area contributed by atoms with Gasteiger partial charge in [0.1, 0.15) is 12.2 Å². The van der Waals surface area contributed by atoms with Gasteiger partial charge in [-0.05, 0) is 25.0 Å². The monoisotopic (exact) mass is 248 g/mol. The summed E-state index contributed by atoms with van der Waals surface area (Å²) in [5, 5.41) is 0. The Hall–Kier alpha value is -1.32. The first-order valence-corrected chi connectivity index (χ1v) is 6.34. The predicted octanol–water partition coefficient (Wildman–Crippen LogP) is 2.87. The van der Waals surface area contributed by atoms with Gasteiger partial charge in [0.05, 0.1) is 26.1 Å². The number of hydrogen-bond acceptors (Lipinski definition) is 3. The highest BCUT2D eigenvalue weighted by atomic mass is 16.6. The van der Waals surface area contributed by atoms with Gasteiger partial charge >= 0.3 is 0 Å². The van der Waals surface area contributed by atoms with E-state index in [-0.39, 0.29) is 12.2 Å². The number of ether oxygens (including phenoxy) is 3. The van der Waals surface area contributed by atoms with Crippen molar-refractivity contribution in [2.75, 3.05) is 19.8 Å². The van der Waals surface area contributed by atoms with Crippen molar-refractivity contribution >= 4 is 5.57 Å². The van der Waals surface area contributed by atoms with E-state index >= 15 is 0 Å². The highest BCUT2D eigenvalue weighted by Gasteiger charge is 2.21. The van der Waals surface area contributed by atoms with Crippen LogP contribution in [0.3, 0.4) is 0 Å². The Kier molecular flexibility index (Phi) is 4.79. The molecule has 0 bridgehead atoms. The zero-order valence-electron chi connectivity index (χ0n) is 11.0. The van der Waals surface area contributed by atoms with Crippen molar-refractivity contribution in [3.05, 3.63) is 42.2 Å². The van der Waals surface area contributed by atoms with Gasteiger partial charge in [0.15, 0.2) is 0 Å². The number of allylic oxidation sites excluding steroid dienone is 1. The van der Waals surface area contributed by atoms with Gasteiger partial charge in [0.2, 0.25) is 0 Å². The van der Waals surface area contributed by atoms with Gasteiger partial charge in [-0.2, -0.15) is 0 Å². The quantitative estimate of drug-likeness (QED) is 0.767. The summed E-state index contributed by atoms with van der Waals surface area (Å²) in [6.45, 7) is 6.00. The molecule has 2 rings (SSSR count). The molecule has 0 radical (unpaired) electrons. The van der Waals surface area contributed by atoms with E-state index in [4.69, 9.17) is 14.2 Å². The van der Waals surface area contributed by atoms with Gasteiger partial charge in [-0.15, -0.1) is 0 Å². The Morgan fingerprint density at radius 1 is 1.33 bits per heavy atom. The molecule has 0 saturated carbocycles. The molecular weight excluding hydrogens is 228 g/mol. The van der Waals surface area contributed by atoms with Crippen molar-refractivity contribution in [3.8, 4) is 0 Å². The Morgan fingerprint density at radius 3 is 2.78 bits per heavy atom. The maximum atomic E-state index is 5.73. The van der Waals surface area contributed by atoms with Crippen LogP contribution in [0.25, 0.3) is 5.57 Å². The lowest BCUT2D eigenvalue weighted by Gasteiger charge is -2.27. The zero-order valence-corrected chi connectivity index (χ0v) is 11.0. The smallest absolute Gasteiger partial charge is 0.123 e. The van der Waals surface area contributed by atoms with Gasteiger partial charge in [-0.1, -0.05) is 30.3 Å². The molecule has 1 aliphatic heterocycles. The van der Waals surface area contributed by atoms with Crippen molar-refractivity contribution in [2.24, 2.45) is 0 Å². The van der Waals surface area contributed by atoms with Crippen molar-refractivity contribution in [3.63, 3.8) is 0 Å². The molecule has 0 amide bonds. The second kappa shape index (κ2) is 6.57. The van der Waals surface area contributed by atoms with Crippen LogP contribution >= 0.6 is 0 Å².